The second kappa shape index (κ2) is 4.95. The fraction of sp³-hybridized carbons (Fsp3) is 0.556. The van der Waals surface area contributed by atoms with Crippen LogP contribution in [0.4, 0.5) is 0 Å². The Morgan fingerprint density at radius 1 is 1.50 bits per heavy atom. The quantitative estimate of drug-likeness (QED) is 0.580. The van der Waals surface area contributed by atoms with E-state index in [4.69, 9.17) is 5.11 Å². The molecular formula is C9H16O3. The first-order chi connectivity index (χ1) is 5.52. The van der Waals surface area contributed by atoms with Gasteiger partial charge in [-0.2, -0.15) is 0 Å². The van der Waals surface area contributed by atoms with Crippen molar-refractivity contribution in [3.63, 3.8) is 0 Å². The van der Waals surface area contributed by atoms with Gasteiger partial charge in [0.1, 0.15) is 5.76 Å². The van der Waals surface area contributed by atoms with Gasteiger partial charge in [0.2, 0.25) is 0 Å². The van der Waals surface area contributed by atoms with Crippen molar-refractivity contribution in [3.8, 4) is 0 Å². The van der Waals surface area contributed by atoms with E-state index in [9.17, 15) is 5.11 Å². The molecule has 3 heteroatoms. The van der Waals surface area contributed by atoms with Crippen LogP contribution in [-0.4, -0.2) is 30.0 Å². The lowest BCUT2D eigenvalue weighted by Gasteiger charge is -2.19. The number of rotatable bonds is 0. The topological polar surface area (TPSA) is 49.7 Å². The van der Waals surface area contributed by atoms with Gasteiger partial charge in [0.25, 0.3) is 0 Å². The molecule has 1 unspecified atom stereocenters. The molecule has 0 aromatic rings. The van der Waals surface area contributed by atoms with Crippen molar-refractivity contribution in [1.29, 1.82) is 0 Å². The van der Waals surface area contributed by atoms with Crippen molar-refractivity contribution in [2.24, 2.45) is 0 Å². The minimum Gasteiger partial charge on any atom is -0.508 e. The summed E-state index contributed by atoms with van der Waals surface area (Å²) in [6.45, 7) is 1.70. The Morgan fingerprint density at radius 3 is 2.25 bits per heavy atom. The first-order valence-corrected chi connectivity index (χ1v) is 3.72. The van der Waals surface area contributed by atoms with Crippen molar-refractivity contribution < 1.29 is 14.9 Å². The summed E-state index contributed by atoms with van der Waals surface area (Å²) in [6.07, 6.45) is 5.18. The lowest BCUT2D eigenvalue weighted by Crippen LogP contribution is -2.21. The summed E-state index contributed by atoms with van der Waals surface area (Å²) >= 11 is 0. The van der Waals surface area contributed by atoms with Gasteiger partial charge in [-0.15, -0.1) is 0 Å². The third kappa shape index (κ3) is 4.93. The van der Waals surface area contributed by atoms with E-state index in [1.54, 1.807) is 33.3 Å². The van der Waals surface area contributed by atoms with Gasteiger partial charge in [0, 0.05) is 20.6 Å². The van der Waals surface area contributed by atoms with Gasteiger partial charge in [-0.05, 0) is 25.2 Å². The fourth-order valence-electron chi connectivity index (χ4n) is 0.712. The summed E-state index contributed by atoms with van der Waals surface area (Å²) in [6, 6.07) is 0. The third-order valence-electron chi connectivity index (χ3n) is 1.34. The summed E-state index contributed by atoms with van der Waals surface area (Å²) < 4.78 is 4.25. The Balaban J connectivity index is 0.000000354. The first-order valence-electron chi connectivity index (χ1n) is 3.72. The van der Waals surface area contributed by atoms with E-state index in [1.165, 1.54) is 6.08 Å². The van der Waals surface area contributed by atoms with Gasteiger partial charge in [-0.3, -0.25) is 0 Å². The van der Waals surface area contributed by atoms with E-state index in [-0.39, 0.29) is 5.76 Å². The number of aliphatic hydroxyl groups excluding tert-OH is 1. The van der Waals surface area contributed by atoms with E-state index in [1.807, 2.05) is 0 Å². The minimum atomic E-state index is -0.758. The molecule has 0 aromatic heterocycles. The Kier molecular flexibility index (Phi) is 4.62. The van der Waals surface area contributed by atoms with Crippen LogP contribution < -0.4 is 0 Å². The van der Waals surface area contributed by atoms with Crippen molar-refractivity contribution in [1.82, 2.24) is 0 Å². The molecule has 0 aliphatic heterocycles. The molecule has 0 saturated heterocycles. The number of hydrogen-bond acceptors (Lipinski definition) is 3. The zero-order chi connectivity index (χ0) is 9.61. The number of allylic oxidation sites excluding steroid dienone is 1. The van der Waals surface area contributed by atoms with Crippen LogP contribution in [0.15, 0.2) is 24.0 Å². The molecule has 0 amide bonds. The zero-order valence-corrected chi connectivity index (χ0v) is 7.74. The minimum absolute atomic E-state index is 0.238. The Morgan fingerprint density at radius 2 is 2.00 bits per heavy atom. The van der Waals surface area contributed by atoms with Gasteiger partial charge in [0.05, 0.1) is 5.60 Å². The lowest BCUT2D eigenvalue weighted by molar-refractivity contribution is 0.111. The average molecular weight is 172 g/mol. The monoisotopic (exact) mass is 172 g/mol. The van der Waals surface area contributed by atoms with Crippen LogP contribution in [0.25, 0.3) is 0 Å². The summed E-state index contributed by atoms with van der Waals surface area (Å²) in [4.78, 5) is 0. The molecule has 0 spiro atoms. The first kappa shape index (κ1) is 11.2. The largest absolute Gasteiger partial charge is 0.508 e. The van der Waals surface area contributed by atoms with E-state index >= 15 is 0 Å². The lowest BCUT2D eigenvalue weighted by atomic mass is 9.97. The van der Waals surface area contributed by atoms with Crippen molar-refractivity contribution in [2.75, 3.05) is 14.2 Å². The van der Waals surface area contributed by atoms with E-state index in [2.05, 4.69) is 4.74 Å². The molecule has 2 N–H and O–H groups in total. The van der Waals surface area contributed by atoms with Crippen LogP contribution in [0, 0.1) is 0 Å². The number of methoxy groups -OCH3 is 1. The zero-order valence-electron chi connectivity index (χ0n) is 7.74. The molecule has 1 aliphatic rings. The highest BCUT2D eigenvalue weighted by Gasteiger charge is 2.17. The Bertz CT molecular complexity index is 180. The summed E-state index contributed by atoms with van der Waals surface area (Å²) in [5.74, 6) is 0.238. The number of aliphatic hydroxyl groups is 2. The van der Waals surface area contributed by atoms with Crippen LogP contribution in [0.3, 0.4) is 0 Å². The summed E-state index contributed by atoms with van der Waals surface area (Å²) in [5, 5.41) is 18.1. The molecule has 70 valence electrons. The van der Waals surface area contributed by atoms with Gasteiger partial charge >= 0.3 is 0 Å². The molecule has 0 aromatic carbocycles. The van der Waals surface area contributed by atoms with Gasteiger partial charge in [-0.25, -0.2) is 0 Å². The van der Waals surface area contributed by atoms with Gasteiger partial charge < -0.3 is 14.9 Å². The molecule has 1 atom stereocenters. The highest BCUT2D eigenvalue weighted by Crippen LogP contribution is 2.18. The summed E-state index contributed by atoms with van der Waals surface area (Å²) in [7, 11) is 3.25. The number of hydrogen-bond donors (Lipinski definition) is 2. The van der Waals surface area contributed by atoms with Crippen molar-refractivity contribution in [3.05, 3.63) is 24.0 Å². The molecular weight excluding hydrogens is 156 g/mol. The average Bonchev–Trinajstić information content (AvgIpc) is 1.98. The standard InChI is InChI=1S/C7H10O2.C2H6O/c1-7(9)4-2-6(8)3-5-7;1-3-2/h2-4,8-9H,5H2,1H3;1-2H3. The van der Waals surface area contributed by atoms with Crippen LogP contribution in [-0.2, 0) is 4.74 Å². The van der Waals surface area contributed by atoms with Crippen LogP contribution in [0.2, 0.25) is 0 Å². The maximum absolute atomic E-state index is 9.25. The predicted octanol–water partition coefficient (Wildman–Crippen LogP) is 1.40. The number of ether oxygens (including phenoxy) is 1. The fourth-order valence-corrected chi connectivity index (χ4v) is 0.712. The molecule has 1 rings (SSSR count). The van der Waals surface area contributed by atoms with Crippen LogP contribution in [0.1, 0.15) is 13.3 Å². The molecule has 0 heterocycles. The Labute approximate surface area is 73.0 Å². The molecule has 3 nitrogen and oxygen atoms in total. The second-order valence-corrected chi connectivity index (χ2v) is 2.93. The molecule has 12 heavy (non-hydrogen) atoms. The molecule has 0 bridgehead atoms. The molecule has 0 saturated carbocycles. The normalized spacial score (nSPS) is 27.2. The molecule has 0 radical (unpaired) electrons. The van der Waals surface area contributed by atoms with E-state index in [0.717, 1.165) is 0 Å². The van der Waals surface area contributed by atoms with Gasteiger partial charge in [-0.1, -0.05) is 0 Å². The maximum Gasteiger partial charge on any atom is 0.111 e. The van der Waals surface area contributed by atoms with Crippen LogP contribution >= 0.6 is 0 Å². The van der Waals surface area contributed by atoms with Crippen molar-refractivity contribution >= 4 is 0 Å². The van der Waals surface area contributed by atoms with E-state index < -0.39 is 5.60 Å². The highest BCUT2D eigenvalue weighted by atomic mass is 16.4. The second-order valence-electron chi connectivity index (χ2n) is 2.93. The molecule has 1 aliphatic carbocycles. The van der Waals surface area contributed by atoms with Crippen molar-refractivity contribution in [2.45, 2.75) is 18.9 Å². The summed E-state index contributed by atoms with van der Waals surface area (Å²) in [5.41, 5.74) is -0.758. The predicted molar refractivity (Wildman–Crippen MR) is 48.0 cm³/mol. The Hall–Kier alpha value is -0.800. The highest BCUT2D eigenvalue weighted by molar-refractivity contribution is 5.21. The van der Waals surface area contributed by atoms with Crippen LogP contribution in [0.5, 0.6) is 0 Å². The van der Waals surface area contributed by atoms with Gasteiger partial charge in [0.15, 0.2) is 0 Å². The SMILES string of the molecule is CC1(O)C=CC(O)=CC1.COC. The third-order valence-corrected chi connectivity index (χ3v) is 1.34. The molecule has 0 fully saturated rings. The van der Waals surface area contributed by atoms with E-state index in [0.29, 0.717) is 6.42 Å². The maximum atomic E-state index is 9.25. The smallest absolute Gasteiger partial charge is 0.111 e.